The summed E-state index contributed by atoms with van der Waals surface area (Å²) in [6.45, 7) is 5.86. The summed E-state index contributed by atoms with van der Waals surface area (Å²) in [5.74, 6) is 0.307. The van der Waals surface area contributed by atoms with E-state index in [0.29, 0.717) is 57.5 Å². The van der Waals surface area contributed by atoms with Crippen LogP contribution in [-0.2, 0) is 11.3 Å². The van der Waals surface area contributed by atoms with Crippen LogP contribution in [0, 0.1) is 13.8 Å². The van der Waals surface area contributed by atoms with Gasteiger partial charge in [0.15, 0.2) is 0 Å². The van der Waals surface area contributed by atoms with Gasteiger partial charge in [0.1, 0.15) is 17.1 Å². The summed E-state index contributed by atoms with van der Waals surface area (Å²) < 4.78 is 6.74. The molecule has 1 aliphatic heterocycles. The summed E-state index contributed by atoms with van der Waals surface area (Å²) >= 11 is 7.35. The first-order chi connectivity index (χ1) is 18.8. The smallest absolute Gasteiger partial charge is 0.264 e. The van der Waals surface area contributed by atoms with Crippen LogP contribution in [-0.4, -0.2) is 59.6 Å². The van der Waals surface area contributed by atoms with Gasteiger partial charge in [-0.2, -0.15) is 0 Å². The van der Waals surface area contributed by atoms with Crippen molar-refractivity contribution in [1.82, 2.24) is 14.5 Å². The van der Waals surface area contributed by atoms with Crippen molar-refractivity contribution in [3.63, 3.8) is 0 Å². The minimum absolute atomic E-state index is 0.116. The molecule has 2 amide bonds. The Balaban J connectivity index is 1.31. The molecule has 5 rings (SSSR count). The number of amides is 2. The van der Waals surface area contributed by atoms with Crippen molar-refractivity contribution < 1.29 is 14.3 Å². The number of hydrogen-bond acceptors (Lipinski definition) is 7. The Morgan fingerprint density at radius 3 is 2.56 bits per heavy atom. The first-order valence-corrected chi connectivity index (χ1v) is 13.7. The van der Waals surface area contributed by atoms with E-state index >= 15 is 0 Å². The van der Waals surface area contributed by atoms with E-state index in [1.807, 2.05) is 42.2 Å². The molecule has 4 aromatic rings. The summed E-state index contributed by atoms with van der Waals surface area (Å²) in [4.78, 5) is 48.8. The second-order valence-electron chi connectivity index (χ2n) is 9.38. The lowest BCUT2D eigenvalue weighted by atomic mass is 10.2. The van der Waals surface area contributed by atoms with Gasteiger partial charge in [-0.15, -0.1) is 11.3 Å². The van der Waals surface area contributed by atoms with Crippen molar-refractivity contribution in [2.75, 3.05) is 43.5 Å². The maximum absolute atomic E-state index is 13.5. The van der Waals surface area contributed by atoms with Crippen molar-refractivity contribution >= 4 is 56.3 Å². The zero-order valence-corrected chi connectivity index (χ0v) is 23.4. The average Bonchev–Trinajstić information content (AvgIpc) is 3.28. The van der Waals surface area contributed by atoms with Gasteiger partial charge in [0.2, 0.25) is 5.91 Å². The second-order valence-corrected chi connectivity index (χ2v) is 10.8. The number of halogens is 1. The van der Waals surface area contributed by atoms with Gasteiger partial charge in [-0.05, 0) is 49.2 Å². The number of fused-ring (bicyclic) bond motifs is 1. The topological polar surface area (TPSA) is 96.8 Å². The van der Waals surface area contributed by atoms with Gasteiger partial charge in [0.05, 0.1) is 29.4 Å². The number of ether oxygens (including phenoxy) is 1. The fraction of sp³-hybridized carbons (Fsp3) is 0.286. The minimum Gasteiger partial charge on any atom is -0.495 e. The number of methoxy groups -OCH3 is 1. The molecule has 39 heavy (non-hydrogen) atoms. The van der Waals surface area contributed by atoms with E-state index in [0.717, 1.165) is 17.0 Å². The zero-order chi connectivity index (χ0) is 27.7. The molecule has 0 unspecified atom stereocenters. The Bertz CT molecular complexity index is 1620. The Morgan fingerprint density at radius 1 is 1.10 bits per heavy atom. The number of para-hydroxylation sites is 2. The van der Waals surface area contributed by atoms with Crippen LogP contribution in [0.25, 0.3) is 10.2 Å². The first kappa shape index (κ1) is 26.7. The van der Waals surface area contributed by atoms with Crippen molar-refractivity contribution in [3.05, 3.63) is 80.2 Å². The third kappa shape index (κ3) is 5.35. The second kappa shape index (κ2) is 11.1. The van der Waals surface area contributed by atoms with E-state index in [-0.39, 0.29) is 23.9 Å². The molecule has 3 heterocycles. The van der Waals surface area contributed by atoms with E-state index < -0.39 is 0 Å². The van der Waals surface area contributed by atoms with Crippen LogP contribution in [0.4, 0.5) is 11.4 Å². The maximum atomic E-state index is 13.5. The van der Waals surface area contributed by atoms with Crippen molar-refractivity contribution in [2.24, 2.45) is 0 Å². The Kier molecular flexibility index (Phi) is 7.58. The monoisotopic (exact) mass is 565 g/mol. The highest BCUT2D eigenvalue weighted by Crippen LogP contribution is 2.31. The number of aromatic nitrogens is 2. The molecule has 2 aromatic carbocycles. The third-order valence-corrected chi connectivity index (χ3v) is 8.47. The maximum Gasteiger partial charge on any atom is 0.264 e. The number of aryl methyl sites for hydroxylation is 2. The highest BCUT2D eigenvalue weighted by Gasteiger charge is 2.27. The van der Waals surface area contributed by atoms with Crippen molar-refractivity contribution in [1.29, 1.82) is 0 Å². The largest absolute Gasteiger partial charge is 0.495 e. The van der Waals surface area contributed by atoms with E-state index in [1.165, 1.54) is 22.2 Å². The molecule has 202 valence electrons. The van der Waals surface area contributed by atoms with Gasteiger partial charge in [0.25, 0.3) is 11.5 Å². The van der Waals surface area contributed by atoms with Crippen molar-refractivity contribution in [3.8, 4) is 5.75 Å². The average molecular weight is 566 g/mol. The standard InChI is InChI=1S/C28H28ClN5O4S/c1-17-8-9-19(14-20(17)29)31-23(35)15-34-16-30-26-24(27(34)36)18(2)25(39-26)28(37)33-12-10-32(11-13-33)21-6-4-5-7-22(21)38-3/h4-9,14,16H,10-13,15H2,1-3H3,(H,31,35). The molecule has 0 radical (unpaired) electrons. The van der Waals surface area contributed by atoms with Crippen LogP contribution in [0.1, 0.15) is 20.8 Å². The van der Waals surface area contributed by atoms with Crippen LogP contribution >= 0.6 is 22.9 Å². The summed E-state index contributed by atoms with van der Waals surface area (Å²) in [7, 11) is 1.65. The van der Waals surface area contributed by atoms with Crippen LogP contribution < -0.4 is 20.5 Å². The number of nitrogens with zero attached hydrogens (tertiary/aromatic N) is 4. The lowest BCUT2D eigenvalue weighted by Gasteiger charge is -2.36. The predicted octanol–water partition coefficient (Wildman–Crippen LogP) is 4.34. The van der Waals surface area contributed by atoms with Gasteiger partial charge in [-0.1, -0.05) is 29.8 Å². The van der Waals surface area contributed by atoms with Crippen LogP contribution in [0.15, 0.2) is 53.6 Å². The molecular weight excluding hydrogens is 538 g/mol. The van der Waals surface area contributed by atoms with Crippen LogP contribution in [0.3, 0.4) is 0 Å². The molecule has 0 saturated carbocycles. The van der Waals surface area contributed by atoms with Crippen molar-refractivity contribution in [2.45, 2.75) is 20.4 Å². The summed E-state index contributed by atoms with van der Waals surface area (Å²) in [6.07, 6.45) is 1.35. The molecule has 1 N–H and O–H groups in total. The minimum atomic E-state index is -0.379. The summed E-state index contributed by atoms with van der Waals surface area (Å²) in [6, 6.07) is 13.1. The molecule has 2 aromatic heterocycles. The third-order valence-electron chi connectivity index (χ3n) is 6.87. The number of carbonyl (C=O) groups is 2. The van der Waals surface area contributed by atoms with Gasteiger partial charge >= 0.3 is 0 Å². The zero-order valence-electron chi connectivity index (χ0n) is 21.9. The number of nitrogens with one attached hydrogen (secondary N) is 1. The van der Waals surface area contributed by atoms with Gasteiger partial charge in [-0.25, -0.2) is 4.98 Å². The summed E-state index contributed by atoms with van der Waals surface area (Å²) in [5, 5.41) is 3.66. The van der Waals surface area contributed by atoms with E-state index in [9.17, 15) is 14.4 Å². The lowest BCUT2D eigenvalue weighted by Crippen LogP contribution is -2.48. The SMILES string of the molecule is COc1ccccc1N1CCN(C(=O)c2sc3ncn(CC(=O)Nc4ccc(C)c(Cl)c4)c(=O)c3c2C)CC1. The first-order valence-electron chi connectivity index (χ1n) is 12.5. The fourth-order valence-electron chi connectivity index (χ4n) is 4.69. The molecule has 9 nitrogen and oxygen atoms in total. The molecule has 1 saturated heterocycles. The number of anilines is 2. The molecule has 1 fully saturated rings. The fourth-order valence-corrected chi connectivity index (χ4v) is 5.97. The van der Waals surface area contributed by atoms with E-state index in [4.69, 9.17) is 16.3 Å². The number of thiophene rings is 1. The van der Waals surface area contributed by atoms with E-state index in [2.05, 4.69) is 15.2 Å². The molecule has 1 aliphatic rings. The van der Waals surface area contributed by atoms with Gasteiger partial charge in [0, 0.05) is 36.9 Å². The normalized spacial score (nSPS) is 13.5. The number of rotatable bonds is 6. The van der Waals surface area contributed by atoms with Gasteiger partial charge < -0.3 is 19.9 Å². The molecular formula is C28H28ClN5O4S. The van der Waals surface area contributed by atoms with Crippen LogP contribution in [0.2, 0.25) is 5.02 Å². The molecule has 0 spiro atoms. The highest BCUT2D eigenvalue weighted by molar-refractivity contribution is 7.20. The molecule has 0 aliphatic carbocycles. The summed E-state index contributed by atoms with van der Waals surface area (Å²) in [5.41, 5.74) is 2.68. The Morgan fingerprint density at radius 2 is 1.85 bits per heavy atom. The number of carbonyl (C=O) groups excluding carboxylic acids is 2. The number of piperazine rings is 1. The molecule has 0 bridgehead atoms. The lowest BCUT2D eigenvalue weighted by molar-refractivity contribution is -0.116. The highest BCUT2D eigenvalue weighted by atomic mass is 35.5. The predicted molar refractivity (Wildman–Crippen MR) is 155 cm³/mol. The Labute approximate surface area is 234 Å². The van der Waals surface area contributed by atoms with Crippen LogP contribution in [0.5, 0.6) is 5.75 Å². The molecule has 11 heteroatoms. The quantitative estimate of drug-likeness (QED) is 0.374. The number of benzene rings is 2. The van der Waals surface area contributed by atoms with E-state index in [1.54, 1.807) is 26.2 Å². The molecule has 0 atom stereocenters. The Hall–Kier alpha value is -3.89. The number of hydrogen-bond donors (Lipinski definition) is 1. The van der Waals surface area contributed by atoms with Gasteiger partial charge in [-0.3, -0.25) is 19.0 Å².